The number of carbonyl (C=O) groups excluding carboxylic acids is 1. The lowest BCUT2D eigenvalue weighted by molar-refractivity contribution is -0.125. The largest absolute Gasteiger partial charge is 0.351 e. The molecule has 0 bridgehead atoms. The van der Waals surface area contributed by atoms with Crippen LogP contribution in [0.5, 0.6) is 0 Å². The number of likely N-dealkylation sites (tertiary alicyclic amines) is 1. The standard InChI is InChI=1S/C18H24N4O/c1-2-11-21-12-3-5-17(21)18(23)19-14-15-6-8-16(9-7-15)22-13-4-10-20-22/h4,6-10,13,17H,2-3,5,11-12,14H2,1H3,(H,19,23)/t17-/m0/s1. The van der Waals surface area contributed by atoms with Crippen LogP contribution in [0, 0.1) is 0 Å². The fourth-order valence-corrected chi connectivity index (χ4v) is 3.17. The Morgan fingerprint density at radius 3 is 2.87 bits per heavy atom. The highest BCUT2D eigenvalue weighted by Crippen LogP contribution is 2.17. The van der Waals surface area contributed by atoms with Crippen molar-refractivity contribution in [1.29, 1.82) is 0 Å². The molecule has 0 saturated carbocycles. The van der Waals surface area contributed by atoms with Gasteiger partial charge in [-0.15, -0.1) is 0 Å². The topological polar surface area (TPSA) is 50.2 Å². The first kappa shape index (κ1) is 15.7. The number of hydrogen-bond acceptors (Lipinski definition) is 3. The third-order valence-corrected chi connectivity index (χ3v) is 4.35. The van der Waals surface area contributed by atoms with Crippen LogP contribution in [0.4, 0.5) is 0 Å². The summed E-state index contributed by atoms with van der Waals surface area (Å²) in [5.74, 6) is 0.159. The van der Waals surface area contributed by atoms with Crippen LogP contribution >= 0.6 is 0 Å². The lowest BCUT2D eigenvalue weighted by Gasteiger charge is -2.23. The van der Waals surface area contributed by atoms with Crippen molar-refractivity contribution in [2.75, 3.05) is 13.1 Å². The van der Waals surface area contributed by atoms with Gasteiger partial charge in [0.05, 0.1) is 11.7 Å². The molecule has 0 spiro atoms. The van der Waals surface area contributed by atoms with Crippen molar-refractivity contribution in [1.82, 2.24) is 20.0 Å². The summed E-state index contributed by atoms with van der Waals surface area (Å²) in [5, 5.41) is 7.29. The Kier molecular flexibility index (Phi) is 5.08. The second kappa shape index (κ2) is 7.42. The quantitative estimate of drug-likeness (QED) is 0.891. The maximum atomic E-state index is 12.4. The van der Waals surface area contributed by atoms with Gasteiger partial charge in [-0.1, -0.05) is 19.1 Å². The van der Waals surface area contributed by atoms with E-state index in [9.17, 15) is 4.79 Å². The molecule has 122 valence electrons. The van der Waals surface area contributed by atoms with Gasteiger partial charge >= 0.3 is 0 Å². The average molecular weight is 312 g/mol. The van der Waals surface area contributed by atoms with Crippen LogP contribution < -0.4 is 5.32 Å². The van der Waals surface area contributed by atoms with E-state index in [1.54, 1.807) is 6.20 Å². The molecule has 1 fully saturated rings. The molecule has 1 amide bonds. The minimum Gasteiger partial charge on any atom is -0.351 e. The highest BCUT2D eigenvalue weighted by molar-refractivity contribution is 5.82. The number of nitrogens with zero attached hydrogens (tertiary/aromatic N) is 3. The number of nitrogens with one attached hydrogen (secondary N) is 1. The first-order chi connectivity index (χ1) is 11.3. The lowest BCUT2D eigenvalue weighted by Crippen LogP contribution is -2.43. The summed E-state index contributed by atoms with van der Waals surface area (Å²) in [4.78, 5) is 14.7. The van der Waals surface area contributed by atoms with Gasteiger partial charge in [0.15, 0.2) is 0 Å². The molecule has 2 heterocycles. The van der Waals surface area contributed by atoms with Crippen molar-refractivity contribution in [2.24, 2.45) is 0 Å². The summed E-state index contributed by atoms with van der Waals surface area (Å²) in [5.41, 5.74) is 2.13. The maximum Gasteiger partial charge on any atom is 0.237 e. The average Bonchev–Trinajstić information content (AvgIpc) is 3.25. The molecule has 3 rings (SSSR count). The lowest BCUT2D eigenvalue weighted by atomic mass is 10.1. The van der Waals surface area contributed by atoms with E-state index in [-0.39, 0.29) is 11.9 Å². The Labute approximate surface area is 137 Å². The first-order valence-electron chi connectivity index (χ1n) is 8.38. The Morgan fingerprint density at radius 1 is 1.35 bits per heavy atom. The predicted octanol–water partition coefficient (Wildman–Crippen LogP) is 2.36. The summed E-state index contributed by atoms with van der Waals surface area (Å²) < 4.78 is 1.82. The Morgan fingerprint density at radius 2 is 2.17 bits per heavy atom. The molecule has 23 heavy (non-hydrogen) atoms. The smallest absolute Gasteiger partial charge is 0.237 e. The number of carbonyl (C=O) groups is 1. The van der Waals surface area contributed by atoms with Crippen LogP contribution in [0.3, 0.4) is 0 Å². The van der Waals surface area contributed by atoms with Crippen molar-refractivity contribution < 1.29 is 4.79 Å². The predicted molar refractivity (Wildman–Crippen MR) is 90.3 cm³/mol. The molecular formula is C18H24N4O. The molecule has 0 aliphatic carbocycles. The van der Waals surface area contributed by atoms with Gasteiger partial charge in [0.1, 0.15) is 0 Å². The summed E-state index contributed by atoms with van der Waals surface area (Å²) in [7, 11) is 0. The SMILES string of the molecule is CCCN1CCC[C@H]1C(=O)NCc1ccc(-n2cccn2)cc1. The zero-order valence-electron chi connectivity index (χ0n) is 13.6. The molecule has 1 saturated heterocycles. The monoisotopic (exact) mass is 312 g/mol. The Bertz CT molecular complexity index is 621. The fraction of sp³-hybridized carbons (Fsp3) is 0.444. The van der Waals surface area contributed by atoms with Crippen molar-refractivity contribution in [3.63, 3.8) is 0 Å². The molecule has 1 aromatic carbocycles. The highest BCUT2D eigenvalue weighted by Gasteiger charge is 2.29. The van der Waals surface area contributed by atoms with Crippen LogP contribution in [0.1, 0.15) is 31.7 Å². The molecule has 0 radical (unpaired) electrons. The zero-order valence-corrected chi connectivity index (χ0v) is 13.6. The van der Waals surface area contributed by atoms with Crippen LogP contribution in [0.2, 0.25) is 0 Å². The normalized spacial score (nSPS) is 18.2. The van der Waals surface area contributed by atoms with Crippen LogP contribution in [-0.2, 0) is 11.3 Å². The van der Waals surface area contributed by atoms with Crippen LogP contribution in [-0.4, -0.2) is 39.7 Å². The second-order valence-corrected chi connectivity index (χ2v) is 6.03. The minimum atomic E-state index is 0.0540. The molecule has 1 N–H and O–H groups in total. The zero-order chi connectivity index (χ0) is 16.1. The van der Waals surface area contributed by atoms with Crippen molar-refractivity contribution >= 4 is 5.91 Å². The molecule has 1 aliphatic rings. The van der Waals surface area contributed by atoms with Gasteiger partial charge in [0.2, 0.25) is 5.91 Å². The van der Waals surface area contributed by atoms with Gasteiger partial charge in [0.25, 0.3) is 0 Å². The van der Waals surface area contributed by atoms with E-state index >= 15 is 0 Å². The highest BCUT2D eigenvalue weighted by atomic mass is 16.2. The summed E-state index contributed by atoms with van der Waals surface area (Å²) >= 11 is 0. The summed E-state index contributed by atoms with van der Waals surface area (Å²) in [6.07, 6.45) is 6.87. The molecule has 1 aromatic heterocycles. The van der Waals surface area contributed by atoms with Crippen molar-refractivity contribution in [3.8, 4) is 5.69 Å². The molecule has 5 nitrogen and oxygen atoms in total. The third kappa shape index (κ3) is 3.79. The first-order valence-corrected chi connectivity index (χ1v) is 8.38. The van der Waals surface area contributed by atoms with Crippen LogP contribution in [0.25, 0.3) is 5.69 Å². The number of amides is 1. The van der Waals surface area contributed by atoms with E-state index in [0.717, 1.165) is 43.6 Å². The molecule has 1 atom stereocenters. The van der Waals surface area contributed by atoms with E-state index in [2.05, 4.69) is 22.2 Å². The van der Waals surface area contributed by atoms with Crippen LogP contribution in [0.15, 0.2) is 42.7 Å². The van der Waals surface area contributed by atoms with Gasteiger partial charge in [-0.3, -0.25) is 9.69 Å². The second-order valence-electron chi connectivity index (χ2n) is 6.03. The van der Waals surface area contributed by atoms with E-state index in [1.165, 1.54) is 0 Å². The number of benzene rings is 1. The number of rotatable bonds is 6. The summed E-state index contributed by atoms with van der Waals surface area (Å²) in [6.45, 7) is 4.80. The number of hydrogen-bond donors (Lipinski definition) is 1. The minimum absolute atomic E-state index is 0.0540. The van der Waals surface area contributed by atoms with Crippen molar-refractivity contribution in [2.45, 2.75) is 38.8 Å². The van der Waals surface area contributed by atoms with Gasteiger partial charge in [0, 0.05) is 18.9 Å². The Hall–Kier alpha value is -2.14. The fourth-order valence-electron chi connectivity index (χ4n) is 3.17. The molecule has 0 unspecified atom stereocenters. The molecule has 5 heteroatoms. The van der Waals surface area contributed by atoms with E-state index in [4.69, 9.17) is 0 Å². The van der Waals surface area contributed by atoms with E-state index in [1.807, 2.05) is 41.2 Å². The molecular weight excluding hydrogens is 288 g/mol. The summed E-state index contributed by atoms with van der Waals surface area (Å²) in [6, 6.07) is 10.1. The van der Waals surface area contributed by atoms with Gasteiger partial charge in [-0.05, 0) is 56.1 Å². The Balaban J connectivity index is 1.54. The van der Waals surface area contributed by atoms with Gasteiger partial charge in [-0.2, -0.15) is 5.10 Å². The molecule has 1 aliphatic heterocycles. The van der Waals surface area contributed by atoms with Gasteiger partial charge in [-0.25, -0.2) is 4.68 Å². The van der Waals surface area contributed by atoms with Gasteiger partial charge < -0.3 is 5.32 Å². The number of aromatic nitrogens is 2. The van der Waals surface area contributed by atoms with E-state index in [0.29, 0.717) is 6.54 Å². The van der Waals surface area contributed by atoms with Crippen molar-refractivity contribution in [3.05, 3.63) is 48.3 Å². The maximum absolute atomic E-state index is 12.4. The third-order valence-electron chi connectivity index (χ3n) is 4.35. The molecule has 2 aromatic rings. The van der Waals surface area contributed by atoms with E-state index < -0.39 is 0 Å².